The molecular formula is C11H11Fe2NO6S2-2. The molecular weight excluding hydrogens is 418 g/mol. The van der Waals surface area contributed by atoms with Crippen molar-refractivity contribution < 1.29 is 62.1 Å². The predicted molar refractivity (Wildman–Crippen MR) is 65.0 cm³/mol. The van der Waals surface area contributed by atoms with Gasteiger partial charge in [0.1, 0.15) is 0 Å². The van der Waals surface area contributed by atoms with E-state index in [0.717, 1.165) is 13.0 Å². The van der Waals surface area contributed by atoms with E-state index in [2.05, 4.69) is 51.7 Å². The van der Waals surface area contributed by atoms with Crippen molar-refractivity contribution in [3.63, 3.8) is 0 Å². The molecule has 0 spiro atoms. The third-order valence-electron chi connectivity index (χ3n) is 0.905. The van der Waals surface area contributed by atoms with Crippen molar-refractivity contribution in [2.45, 2.75) is 13.3 Å². The van der Waals surface area contributed by atoms with Crippen LogP contribution in [0.2, 0.25) is 0 Å². The van der Waals surface area contributed by atoms with Gasteiger partial charge in [-0.2, -0.15) is 0 Å². The Balaban J connectivity index is -0.0000000149. The summed E-state index contributed by atoms with van der Waals surface area (Å²) in [6, 6.07) is 0. The summed E-state index contributed by atoms with van der Waals surface area (Å²) in [5.74, 6) is 1.36. The standard InChI is InChI=1S/C5H13NS2.6CO.2Fe/c1-2-3-6(4-7)5-8;6*1-2;;/h7-8H,2-5H2,1H3;;;;;;;;/p-2. The Morgan fingerprint density at radius 1 is 0.636 bits per heavy atom. The molecule has 0 atom stereocenters. The van der Waals surface area contributed by atoms with Crippen molar-refractivity contribution in [2.75, 3.05) is 18.3 Å². The molecule has 0 radical (unpaired) electrons. The summed E-state index contributed by atoms with van der Waals surface area (Å²) in [6.45, 7) is 30.2. The molecule has 11 heteroatoms. The van der Waals surface area contributed by atoms with Crippen LogP contribution in [0.5, 0.6) is 0 Å². The number of hydrogen-bond acceptors (Lipinski definition) is 3. The minimum atomic E-state index is 0. The summed E-state index contributed by atoms with van der Waals surface area (Å²) in [4.78, 5) is 2.06. The number of rotatable bonds is 4. The Morgan fingerprint density at radius 3 is 0.864 bits per heavy atom. The van der Waals surface area contributed by atoms with Crippen molar-refractivity contribution in [3.05, 3.63) is 39.9 Å². The Morgan fingerprint density at radius 2 is 0.818 bits per heavy atom. The molecule has 0 bridgehead atoms. The SMILES string of the molecule is CCCN(C[S-])C[S-].[C-]#[O+].[C-]#[O+].[C-]#[O+].[C-]#[O+].[C-]#[O+].[C-]#[O+].[Fe].[Fe]. The molecule has 0 saturated carbocycles. The summed E-state index contributed by atoms with van der Waals surface area (Å²) in [5.41, 5.74) is 0. The number of nitrogens with zero attached hydrogens (tertiary/aromatic N) is 1. The van der Waals surface area contributed by atoms with Gasteiger partial charge in [-0.15, -0.1) is 11.8 Å². The van der Waals surface area contributed by atoms with E-state index < -0.39 is 0 Å². The van der Waals surface area contributed by atoms with Gasteiger partial charge in [0.2, 0.25) is 0 Å². The van der Waals surface area contributed by atoms with Gasteiger partial charge in [0.05, 0.1) is 0 Å². The minimum absolute atomic E-state index is 0. The van der Waals surface area contributed by atoms with Gasteiger partial charge in [0, 0.05) is 34.1 Å². The molecule has 0 aliphatic rings. The van der Waals surface area contributed by atoms with Crippen molar-refractivity contribution in [1.82, 2.24) is 4.90 Å². The van der Waals surface area contributed by atoms with Crippen molar-refractivity contribution >= 4 is 25.3 Å². The fourth-order valence-electron chi connectivity index (χ4n) is 0.483. The van der Waals surface area contributed by atoms with E-state index in [1.165, 1.54) is 0 Å². The van der Waals surface area contributed by atoms with Gasteiger partial charge in [0.25, 0.3) is 0 Å². The van der Waals surface area contributed by atoms with Crippen molar-refractivity contribution in [2.24, 2.45) is 0 Å². The average Bonchev–Trinajstić information content (AvgIpc) is 2.63. The largest absolute Gasteiger partial charge is 0 e. The summed E-state index contributed by atoms with van der Waals surface area (Å²) in [7, 11) is 0. The predicted octanol–water partition coefficient (Wildman–Crippen LogP) is 0.477. The van der Waals surface area contributed by atoms with Crippen LogP contribution in [0.4, 0.5) is 0 Å². The quantitative estimate of drug-likeness (QED) is 0.280. The maximum absolute atomic E-state index is 7.50. The molecule has 0 aromatic rings. The summed E-state index contributed by atoms with van der Waals surface area (Å²) in [5, 5.41) is 0. The second kappa shape index (κ2) is 168. The molecule has 0 fully saturated rings. The van der Waals surface area contributed by atoms with Crippen molar-refractivity contribution in [1.29, 1.82) is 0 Å². The minimum Gasteiger partial charge on any atom is 0 e. The maximum Gasteiger partial charge on any atom is 0 e. The van der Waals surface area contributed by atoms with Gasteiger partial charge in [-0.1, -0.05) is 6.92 Å². The third-order valence-corrected chi connectivity index (χ3v) is 1.64. The van der Waals surface area contributed by atoms with Crippen LogP contribution in [0.25, 0.3) is 0 Å². The monoisotopic (exact) mass is 429 g/mol. The van der Waals surface area contributed by atoms with Crippen LogP contribution in [0, 0.1) is 39.9 Å². The molecule has 0 N–H and O–H groups in total. The molecule has 0 aliphatic carbocycles. The number of hydrogen-bond donors (Lipinski definition) is 0. The van der Waals surface area contributed by atoms with Crippen LogP contribution < -0.4 is 0 Å². The van der Waals surface area contributed by atoms with E-state index >= 15 is 0 Å². The van der Waals surface area contributed by atoms with Gasteiger partial charge >= 0.3 is 67.8 Å². The van der Waals surface area contributed by atoms with Crippen LogP contribution in [-0.4, -0.2) is 23.2 Å². The van der Waals surface area contributed by atoms with Crippen LogP contribution in [-0.2, 0) is 87.3 Å². The zero-order valence-corrected chi connectivity index (χ0v) is 15.1. The fourth-order valence-corrected chi connectivity index (χ4v) is 1.04. The van der Waals surface area contributed by atoms with Crippen LogP contribution >= 0.6 is 0 Å². The van der Waals surface area contributed by atoms with E-state index in [1.54, 1.807) is 0 Å². The van der Waals surface area contributed by atoms with E-state index in [4.69, 9.17) is 53.2 Å². The van der Waals surface area contributed by atoms with Gasteiger partial charge in [0.15, 0.2) is 0 Å². The third kappa shape index (κ3) is 145. The zero-order chi connectivity index (χ0) is 18.4. The smallest absolute Gasteiger partial charge is 0 e. The molecule has 0 unspecified atom stereocenters. The van der Waals surface area contributed by atoms with E-state index in [9.17, 15) is 0 Å². The second-order valence-electron chi connectivity index (χ2n) is 1.65. The Labute approximate surface area is 163 Å². The summed E-state index contributed by atoms with van der Waals surface area (Å²) < 4.78 is 45.0. The topological polar surface area (TPSA) is 123 Å². The molecule has 126 valence electrons. The van der Waals surface area contributed by atoms with E-state index in [1.807, 2.05) is 0 Å². The molecule has 0 amide bonds. The zero-order valence-electron chi connectivity index (χ0n) is 11.2. The molecule has 0 aromatic heterocycles. The van der Waals surface area contributed by atoms with Gasteiger partial charge in [-0.25, -0.2) is 0 Å². The van der Waals surface area contributed by atoms with E-state index in [0.29, 0.717) is 11.8 Å². The molecule has 22 heavy (non-hydrogen) atoms. The Bertz CT molecular complexity index is 194. The first kappa shape index (κ1) is 57.3. The first-order valence-corrected chi connectivity index (χ1v) is 5.11. The van der Waals surface area contributed by atoms with Gasteiger partial charge in [-0.05, 0) is 13.0 Å². The van der Waals surface area contributed by atoms with Crippen molar-refractivity contribution in [3.8, 4) is 0 Å². The van der Waals surface area contributed by atoms with Gasteiger partial charge < -0.3 is 30.2 Å². The Kier molecular flexibility index (Phi) is 438. The average molecular weight is 429 g/mol. The second-order valence-corrected chi connectivity index (χ2v) is 2.17. The molecule has 0 aliphatic heterocycles. The first-order valence-electron chi connectivity index (χ1n) is 3.96. The summed E-state index contributed by atoms with van der Waals surface area (Å²) in [6.07, 6.45) is 1.15. The van der Waals surface area contributed by atoms with Crippen LogP contribution in [0.1, 0.15) is 13.3 Å². The molecule has 7 nitrogen and oxygen atoms in total. The molecule has 0 saturated heterocycles. The fraction of sp³-hybridized carbons (Fsp3) is 0.455. The normalized spacial score (nSPS) is 4.36. The first-order chi connectivity index (χ1) is 9.85. The van der Waals surface area contributed by atoms with E-state index in [-0.39, 0.29) is 34.1 Å². The van der Waals surface area contributed by atoms with Crippen LogP contribution in [0.15, 0.2) is 0 Å². The molecule has 0 aromatic carbocycles. The van der Waals surface area contributed by atoms with Gasteiger partial charge in [-0.3, -0.25) is 0 Å². The molecule has 0 rings (SSSR count). The summed E-state index contributed by atoms with van der Waals surface area (Å²) >= 11 is 9.59. The van der Waals surface area contributed by atoms with Crippen LogP contribution in [0.3, 0.4) is 0 Å². The molecule has 0 heterocycles. The maximum atomic E-state index is 7.50. The Hall–Kier alpha value is 0.139.